The van der Waals surface area contributed by atoms with E-state index in [0.29, 0.717) is 0 Å². The lowest BCUT2D eigenvalue weighted by molar-refractivity contribution is -0.140. The van der Waals surface area contributed by atoms with Gasteiger partial charge in [0.25, 0.3) is 0 Å². The average Bonchev–Trinajstić information content (AvgIpc) is 2.72. The third kappa shape index (κ3) is 4.91. The van der Waals surface area contributed by atoms with Crippen molar-refractivity contribution < 1.29 is 18.3 Å². The molecule has 1 unspecified atom stereocenters. The van der Waals surface area contributed by atoms with Crippen molar-refractivity contribution in [1.82, 2.24) is 4.72 Å². The molecule has 2 N–H and O–H groups in total. The average molecular weight is 410 g/mol. The summed E-state index contributed by atoms with van der Waals surface area (Å²) in [5, 5.41) is 9.22. The molecule has 0 aliphatic carbocycles. The molecule has 6 heteroatoms. The second-order valence-electron chi connectivity index (χ2n) is 7.15. The summed E-state index contributed by atoms with van der Waals surface area (Å²) < 4.78 is 27.3. The van der Waals surface area contributed by atoms with Crippen LogP contribution in [0.2, 0.25) is 0 Å². The van der Waals surface area contributed by atoms with Gasteiger partial charge in [0.1, 0.15) is 6.04 Å². The van der Waals surface area contributed by atoms with Gasteiger partial charge in [-0.15, -0.1) is 0 Å². The lowest BCUT2D eigenvalue weighted by atomic mass is 10.0. The molecule has 3 aromatic rings. The van der Waals surface area contributed by atoms with Crippen molar-refractivity contribution in [3.8, 4) is 22.3 Å². The minimum atomic E-state index is -3.92. The molecule has 0 saturated heterocycles. The Balaban J connectivity index is 1.80. The zero-order chi connectivity index (χ0) is 21.0. The predicted octanol–water partition coefficient (Wildman–Crippen LogP) is 4.41. The first-order valence-corrected chi connectivity index (χ1v) is 10.8. The van der Waals surface area contributed by atoms with Crippen LogP contribution in [0.25, 0.3) is 22.3 Å². The van der Waals surface area contributed by atoms with Crippen LogP contribution < -0.4 is 4.72 Å². The summed E-state index contributed by atoms with van der Waals surface area (Å²) >= 11 is 0. The van der Waals surface area contributed by atoms with Crippen molar-refractivity contribution in [1.29, 1.82) is 0 Å². The molecular formula is C23H23NO4S. The molecule has 0 bridgehead atoms. The van der Waals surface area contributed by atoms with Gasteiger partial charge in [0.05, 0.1) is 4.90 Å². The molecule has 0 heterocycles. The third-order valence-corrected chi connectivity index (χ3v) is 6.16. The highest BCUT2D eigenvalue weighted by Gasteiger charge is 2.27. The van der Waals surface area contributed by atoms with Crippen molar-refractivity contribution in [2.45, 2.75) is 24.8 Å². The SMILES string of the molecule is CC(C)C(NS(=O)(=O)c1ccc(-c2ccc(-c3ccccc3)cc2)cc1)C(=O)O. The molecule has 3 aromatic carbocycles. The fourth-order valence-corrected chi connectivity index (χ4v) is 4.36. The Kier molecular flexibility index (Phi) is 6.15. The van der Waals surface area contributed by atoms with Gasteiger partial charge in [-0.2, -0.15) is 4.72 Å². The van der Waals surface area contributed by atoms with Crippen LogP contribution in [0.1, 0.15) is 13.8 Å². The highest BCUT2D eigenvalue weighted by Crippen LogP contribution is 2.26. The van der Waals surface area contributed by atoms with E-state index in [9.17, 15) is 18.3 Å². The lowest BCUT2D eigenvalue weighted by Crippen LogP contribution is -2.44. The number of sulfonamides is 1. The van der Waals surface area contributed by atoms with E-state index >= 15 is 0 Å². The largest absolute Gasteiger partial charge is 0.480 e. The number of benzene rings is 3. The Bertz CT molecular complexity index is 1070. The van der Waals surface area contributed by atoms with Gasteiger partial charge in [-0.25, -0.2) is 8.42 Å². The number of hydrogen-bond acceptors (Lipinski definition) is 3. The highest BCUT2D eigenvalue weighted by molar-refractivity contribution is 7.89. The van der Waals surface area contributed by atoms with Gasteiger partial charge in [-0.3, -0.25) is 4.79 Å². The smallest absolute Gasteiger partial charge is 0.322 e. The molecule has 0 aliphatic rings. The monoisotopic (exact) mass is 409 g/mol. The van der Waals surface area contributed by atoms with Crippen LogP contribution in [-0.2, 0) is 14.8 Å². The highest BCUT2D eigenvalue weighted by atomic mass is 32.2. The van der Waals surface area contributed by atoms with E-state index in [1.165, 1.54) is 12.1 Å². The van der Waals surface area contributed by atoms with E-state index in [2.05, 4.69) is 4.72 Å². The van der Waals surface area contributed by atoms with Gasteiger partial charge in [0.2, 0.25) is 10.0 Å². The number of nitrogens with one attached hydrogen (secondary N) is 1. The van der Waals surface area contributed by atoms with Crippen molar-refractivity contribution in [3.63, 3.8) is 0 Å². The Hall–Kier alpha value is -2.96. The van der Waals surface area contributed by atoms with Crippen molar-refractivity contribution in [2.75, 3.05) is 0 Å². The Labute approximate surface area is 171 Å². The van der Waals surface area contributed by atoms with E-state index in [1.807, 2.05) is 54.6 Å². The molecule has 0 fully saturated rings. The first-order chi connectivity index (χ1) is 13.8. The summed E-state index contributed by atoms with van der Waals surface area (Å²) in [5.41, 5.74) is 4.07. The van der Waals surface area contributed by atoms with Crippen LogP contribution in [-0.4, -0.2) is 25.5 Å². The summed E-state index contributed by atoms with van der Waals surface area (Å²) in [6, 6.07) is 23.3. The molecule has 29 heavy (non-hydrogen) atoms. The summed E-state index contributed by atoms with van der Waals surface area (Å²) in [6.07, 6.45) is 0. The fraction of sp³-hybridized carbons (Fsp3) is 0.174. The Morgan fingerprint density at radius 1 is 0.759 bits per heavy atom. The molecule has 0 amide bonds. The first kappa shape index (κ1) is 20.8. The van der Waals surface area contributed by atoms with Crippen LogP contribution in [0, 0.1) is 5.92 Å². The minimum Gasteiger partial charge on any atom is -0.480 e. The number of rotatable bonds is 7. The van der Waals surface area contributed by atoms with Crippen LogP contribution >= 0.6 is 0 Å². The quantitative estimate of drug-likeness (QED) is 0.605. The third-order valence-electron chi connectivity index (χ3n) is 4.70. The normalized spacial score (nSPS) is 12.7. The molecule has 3 rings (SSSR count). The van der Waals surface area contributed by atoms with E-state index in [0.717, 1.165) is 22.3 Å². The summed E-state index contributed by atoms with van der Waals surface area (Å²) in [5.74, 6) is -1.57. The van der Waals surface area contributed by atoms with E-state index in [4.69, 9.17) is 0 Å². The fourth-order valence-electron chi connectivity index (χ4n) is 3.02. The van der Waals surface area contributed by atoms with Gasteiger partial charge in [-0.1, -0.05) is 80.6 Å². The predicted molar refractivity (Wildman–Crippen MR) is 114 cm³/mol. The van der Waals surface area contributed by atoms with E-state index in [1.54, 1.807) is 26.0 Å². The second kappa shape index (κ2) is 8.59. The Morgan fingerprint density at radius 2 is 1.17 bits per heavy atom. The molecule has 0 aliphatic heterocycles. The minimum absolute atomic E-state index is 0.0362. The molecule has 5 nitrogen and oxygen atoms in total. The van der Waals surface area contributed by atoms with Gasteiger partial charge >= 0.3 is 5.97 Å². The maximum atomic E-state index is 12.5. The lowest BCUT2D eigenvalue weighted by Gasteiger charge is -2.18. The maximum Gasteiger partial charge on any atom is 0.322 e. The van der Waals surface area contributed by atoms with Crippen LogP contribution in [0.15, 0.2) is 83.8 Å². The molecule has 0 aromatic heterocycles. The topological polar surface area (TPSA) is 83.5 Å². The van der Waals surface area contributed by atoms with Gasteiger partial charge in [0, 0.05) is 0 Å². The maximum absolute atomic E-state index is 12.5. The number of aliphatic carboxylic acids is 1. The first-order valence-electron chi connectivity index (χ1n) is 9.29. The zero-order valence-corrected chi connectivity index (χ0v) is 17.1. The van der Waals surface area contributed by atoms with Crippen LogP contribution in [0.4, 0.5) is 0 Å². The van der Waals surface area contributed by atoms with Crippen molar-refractivity contribution >= 4 is 16.0 Å². The number of carboxylic acid groups (broad SMARTS) is 1. The van der Waals surface area contributed by atoms with Gasteiger partial charge in [-0.05, 0) is 40.3 Å². The summed E-state index contributed by atoms with van der Waals surface area (Å²) in [6.45, 7) is 3.31. The van der Waals surface area contributed by atoms with Gasteiger partial charge in [0.15, 0.2) is 0 Å². The molecule has 1 atom stereocenters. The van der Waals surface area contributed by atoms with Crippen LogP contribution in [0.5, 0.6) is 0 Å². The van der Waals surface area contributed by atoms with Crippen LogP contribution in [0.3, 0.4) is 0 Å². The Morgan fingerprint density at radius 3 is 1.59 bits per heavy atom. The van der Waals surface area contributed by atoms with Gasteiger partial charge < -0.3 is 5.11 Å². The number of carbonyl (C=O) groups is 1. The number of carboxylic acids is 1. The van der Waals surface area contributed by atoms with E-state index < -0.39 is 22.0 Å². The summed E-state index contributed by atoms with van der Waals surface area (Å²) in [7, 11) is -3.92. The van der Waals surface area contributed by atoms with E-state index in [-0.39, 0.29) is 10.8 Å². The number of hydrogen-bond donors (Lipinski definition) is 2. The standard InChI is InChI=1S/C23H23NO4S/c1-16(2)22(23(25)26)24-29(27,28)21-14-12-20(13-15-21)19-10-8-18(9-11-19)17-6-4-3-5-7-17/h3-16,22,24H,1-2H3,(H,25,26). The zero-order valence-electron chi connectivity index (χ0n) is 16.2. The van der Waals surface area contributed by atoms with Crippen molar-refractivity contribution in [2.24, 2.45) is 5.92 Å². The second-order valence-corrected chi connectivity index (χ2v) is 8.86. The molecular weight excluding hydrogens is 386 g/mol. The summed E-state index contributed by atoms with van der Waals surface area (Å²) in [4.78, 5) is 11.3. The van der Waals surface area contributed by atoms with Crippen molar-refractivity contribution in [3.05, 3.63) is 78.9 Å². The molecule has 0 saturated carbocycles. The molecule has 0 spiro atoms. The molecule has 0 radical (unpaired) electrons. The molecule has 150 valence electrons.